The molecule has 0 saturated heterocycles. The van der Waals surface area contributed by atoms with Crippen LogP contribution in [0.5, 0.6) is 0 Å². The zero-order valence-electron chi connectivity index (χ0n) is 8.29. The molecule has 0 amide bonds. The average Bonchev–Trinajstić information content (AvgIpc) is 2.13. The Morgan fingerprint density at radius 1 is 1.38 bits per heavy atom. The Kier molecular flexibility index (Phi) is 3.20. The molecule has 1 N–H and O–H groups in total. The maximum absolute atomic E-state index is 10.7. The van der Waals surface area contributed by atoms with Crippen LogP contribution in [0.1, 0.15) is 22.7 Å². The van der Waals surface area contributed by atoms with E-state index in [-0.39, 0.29) is 6.04 Å². The molecule has 0 bridgehead atoms. The number of hydrogen-bond donors (Lipinski definition) is 1. The van der Waals surface area contributed by atoms with Crippen LogP contribution in [-0.2, 0) is 4.79 Å². The first-order valence-electron chi connectivity index (χ1n) is 4.38. The lowest BCUT2D eigenvalue weighted by molar-refractivity contribution is -0.109. The van der Waals surface area contributed by atoms with Crippen LogP contribution < -0.4 is 5.32 Å². The largest absolute Gasteiger partial charge is 0.307 e. The van der Waals surface area contributed by atoms with Gasteiger partial charge in [0.05, 0.1) is 6.04 Å². The Morgan fingerprint density at radius 3 is 2.62 bits per heavy atom. The summed E-state index contributed by atoms with van der Waals surface area (Å²) in [6, 6.07) is 5.96. The van der Waals surface area contributed by atoms with Gasteiger partial charge in [0.2, 0.25) is 0 Å². The standard InChI is InChI=1S/C11H15NO/c1-8-4-5-9(2)10(6-8)11(7-13)12-3/h4-7,11-12H,1-3H3. The van der Waals surface area contributed by atoms with Crippen molar-refractivity contribution in [2.45, 2.75) is 19.9 Å². The Hall–Kier alpha value is -1.15. The van der Waals surface area contributed by atoms with Crippen LogP contribution in [0.4, 0.5) is 0 Å². The second-order valence-electron chi connectivity index (χ2n) is 3.26. The molecule has 1 aromatic carbocycles. The molecule has 0 saturated carbocycles. The molecule has 2 heteroatoms. The Balaban J connectivity index is 3.10. The number of likely N-dealkylation sites (N-methyl/N-ethyl adjacent to an activating group) is 1. The second kappa shape index (κ2) is 4.19. The van der Waals surface area contributed by atoms with Gasteiger partial charge in [-0.05, 0) is 32.0 Å². The monoisotopic (exact) mass is 177 g/mol. The normalized spacial score (nSPS) is 12.5. The quantitative estimate of drug-likeness (QED) is 0.713. The van der Waals surface area contributed by atoms with Crippen molar-refractivity contribution in [3.05, 3.63) is 34.9 Å². The maximum Gasteiger partial charge on any atom is 0.141 e. The van der Waals surface area contributed by atoms with Gasteiger partial charge in [-0.1, -0.05) is 23.8 Å². The maximum atomic E-state index is 10.7. The minimum Gasteiger partial charge on any atom is -0.307 e. The lowest BCUT2D eigenvalue weighted by Crippen LogP contribution is -2.18. The minimum absolute atomic E-state index is 0.181. The van der Waals surface area contributed by atoms with Gasteiger partial charge in [0.15, 0.2) is 0 Å². The lowest BCUT2D eigenvalue weighted by atomic mass is 10.00. The predicted molar refractivity (Wildman–Crippen MR) is 53.8 cm³/mol. The first kappa shape index (κ1) is 9.93. The van der Waals surface area contributed by atoms with Gasteiger partial charge in [-0.25, -0.2) is 0 Å². The van der Waals surface area contributed by atoms with E-state index in [0.717, 1.165) is 17.4 Å². The molecular formula is C11H15NO. The number of nitrogens with one attached hydrogen (secondary N) is 1. The van der Waals surface area contributed by atoms with Gasteiger partial charge in [-0.2, -0.15) is 0 Å². The number of aryl methyl sites for hydroxylation is 2. The van der Waals surface area contributed by atoms with E-state index < -0.39 is 0 Å². The zero-order chi connectivity index (χ0) is 9.84. The molecule has 1 aromatic rings. The average molecular weight is 177 g/mol. The molecule has 0 spiro atoms. The van der Waals surface area contributed by atoms with Gasteiger partial charge in [0.25, 0.3) is 0 Å². The van der Waals surface area contributed by atoms with Gasteiger partial charge >= 0.3 is 0 Å². The van der Waals surface area contributed by atoms with Crippen LogP contribution in [0.2, 0.25) is 0 Å². The van der Waals surface area contributed by atoms with Gasteiger partial charge in [0, 0.05) is 0 Å². The molecule has 1 unspecified atom stereocenters. The first-order valence-corrected chi connectivity index (χ1v) is 4.38. The van der Waals surface area contributed by atoms with Crippen LogP contribution in [0.25, 0.3) is 0 Å². The molecule has 0 aliphatic rings. The highest BCUT2D eigenvalue weighted by Gasteiger charge is 2.09. The van der Waals surface area contributed by atoms with Crippen LogP contribution in [0, 0.1) is 13.8 Å². The van der Waals surface area contributed by atoms with E-state index in [2.05, 4.69) is 11.4 Å². The third kappa shape index (κ3) is 2.16. The van der Waals surface area contributed by atoms with Crippen molar-refractivity contribution in [3.8, 4) is 0 Å². The fourth-order valence-electron chi connectivity index (χ4n) is 1.39. The summed E-state index contributed by atoms with van der Waals surface area (Å²) < 4.78 is 0. The first-order chi connectivity index (χ1) is 6.19. The van der Waals surface area contributed by atoms with E-state index >= 15 is 0 Å². The SMILES string of the molecule is CNC(C=O)c1cc(C)ccc1C. The molecule has 0 heterocycles. The van der Waals surface area contributed by atoms with Crippen molar-refractivity contribution in [1.29, 1.82) is 0 Å². The summed E-state index contributed by atoms with van der Waals surface area (Å²) in [7, 11) is 1.79. The molecule has 70 valence electrons. The number of benzene rings is 1. The van der Waals surface area contributed by atoms with Crippen LogP contribution in [-0.4, -0.2) is 13.3 Å². The molecule has 1 atom stereocenters. The number of carbonyl (C=O) groups excluding carboxylic acids is 1. The van der Waals surface area contributed by atoms with Crippen LogP contribution >= 0.6 is 0 Å². The highest BCUT2D eigenvalue weighted by molar-refractivity contribution is 5.62. The molecule has 0 aliphatic heterocycles. The minimum atomic E-state index is -0.181. The molecular weight excluding hydrogens is 162 g/mol. The number of rotatable bonds is 3. The summed E-state index contributed by atoms with van der Waals surface area (Å²) in [5, 5.41) is 2.97. The van der Waals surface area contributed by atoms with E-state index in [4.69, 9.17) is 0 Å². The van der Waals surface area contributed by atoms with E-state index in [1.165, 1.54) is 5.56 Å². The van der Waals surface area contributed by atoms with Gasteiger partial charge < -0.3 is 10.1 Å². The van der Waals surface area contributed by atoms with Crippen molar-refractivity contribution >= 4 is 6.29 Å². The fourth-order valence-corrected chi connectivity index (χ4v) is 1.39. The molecule has 0 fully saturated rings. The third-order valence-electron chi connectivity index (χ3n) is 2.22. The number of aldehydes is 1. The molecule has 0 aromatic heterocycles. The van der Waals surface area contributed by atoms with Gasteiger partial charge in [-0.3, -0.25) is 0 Å². The Bertz CT molecular complexity index is 307. The molecule has 1 rings (SSSR count). The molecule has 0 aliphatic carbocycles. The lowest BCUT2D eigenvalue weighted by Gasteiger charge is -2.12. The van der Waals surface area contributed by atoms with Gasteiger partial charge in [-0.15, -0.1) is 0 Å². The molecule has 13 heavy (non-hydrogen) atoms. The fraction of sp³-hybridized carbons (Fsp3) is 0.364. The summed E-state index contributed by atoms with van der Waals surface area (Å²) in [5.74, 6) is 0. The zero-order valence-corrected chi connectivity index (χ0v) is 8.29. The summed E-state index contributed by atoms with van der Waals surface area (Å²) >= 11 is 0. The third-order valence-corrected chi connectivity index (χ3v) is 2.22. The van der Waals surface area contributed by atoms with Crippen molar-refractivity contribution in [1.82, 2.24) is 5.32 Å². The summed E-state index contributed by atoms with van der Waals surface area (Å²) in [4.78, 5) is 10.7. The molecule has 0 radical (unpaired) electrons. The van der Waals surface area contributed by atoms with Crippen molar-refractivity contribution in [2.24, 2.45) is 0 Å². The van der Waals surface area contributed by atoms with Crippen LogP contribution in [0.15, 0.2) is 18.2 Å². The second-order valence-corrected chi connectivity index (χ2v) is 3.26. The highest BCUT2D eigenvalue weighted by Crippen LogP contribution is 2.17. The van der Waals surface area contributed by atoms with Crippen LogP contribution in [0.3, 0.4) is 0 Å². The number of hydrogen-bond acceptors (Lipinski definition) is 2. The summed E-state index contributed by atoms with van der Waals surface area (Å²) in [6.45, 7) is 4.04. The van der Waals surface area contributed by atoms with Crippen molar-refractivity contribution in [3.63, 3.8) is 0 Å². The van der Waals surface area contributed by atoms with Crippen molar-refractivity contribution in [2.75, 3.05) is 7.05 Å². The van der Waals surface area contributed by atoms with E-state index in [9.17, 15) is 4.79 Å². The Morgan fingerprint density at radius 2 is 2.08 bits per heavy atom. The predicted octanol–water partition coefficient (Wildman–Crippen LogP) is 1.76. The number of carbonyl (C=O) groups is 1. The highest BCUT2D eigenvalue weighted by atomic mass is 16.1. The van der Waals surface area contributed by atoms with E-state index in [0.29, 0.717) is 0 Å². The summed E-state index contributed by atoms with van der Waals surface area (Å²) in [5.41, 5.74) is 3.40. The van der Waals surface area contributed by atoms with E-state index in [1.54, 1.807) is 7.05 Å². The van der Waals surface area contributed by atoms with Crippen molar-refractivity contribution < 1.29 is 4.79 Å². The summed E-state index contributed by atoms with van der Waals surface area (Å²) in [6.07, 6.45) is 0.932. The molecule has 2 nitrogen and oxygen atoms in total. The van der Waals surface area contributed by atoms with Gasteiger partial charge in [0.1, 0.15) is 6.29 Å². The topological polar surface area (TPSA) is 29.1 Å². The smallest absolute Gasteiger partial charge is 0.141 e. The Labute approximate surface area is 79.0 Å². The van der Waals surface area contributed by atoms with E-state index in [1.807, 2.05) is 26.0 Å².